The lowest BCUT2D eigenvalue weighted by atomic mass is 9.53. The molecular weight excluding hydrogens is 186 g/mol. The van der Waals surface area contributed by atoms with Crippen LogP contribution in [-0.4, -0.2) is 17.9 Å². The van der Waals surface area contributed by atoms with Gasteiger partial charge in [-0.3, -0.25) is 4.79 Å². The second-order valence-corrected chi connectivity index (χ2v) is 6.18. The molecule has 4 bridgehead atoms. The molecule has 1 N–H and O–H groups in total. The van der Waals surface area contributed by atoms with Gasteiger partial charge in [0.2, 0.25) is 6.29 Å². The number of carbonyl (C=O) groups excluding carboxylic acids is 1. The van der Waals surface area contributed by atoms with Crippen LogP contribution in [-0.2, 0) is 4.79 Å². The Hall–Kier alpha value is -0.370. The number of hydrogen-bond donors (Lipinski definition) is 1. The molecule has 0 saturated heterocycles. The van der Waals surface area contributed by atoms with Crippen LogP contribution < -0.4 is 5.32 Å². The zero-order valence-corrected chi connectivity index (χ0v) is 9.46. The third-order valence-electron chi connectivity index (χ3n) is 4.74. The minimum absolute atomic E-state index is 0.0822. The normalized spacial score (nSPS) is 49.3. The number of hydrogen-bond acceptors (Lipinski definition) is 2. The molecule has 1 atom stereocenters. The monoisotopic (exact) mass is 206 g/mol. The van der Waals surface area contributed by atoms with Gasteiger partial charge in [0.1, 0.15) is 0 Å². The third kappa shape index (κ3) is 1.63. The van der Waals surface area contributed by atoms with Gasteiger partial charge in [0.15, 0.2) is 0 Å². The summed E-state index contributed by atoms with van der Waals surface area (Å²) >= 11 is 0. The maximum absolute atomic E-state index is 10.6. The van der Waals surface area contributed by atoms with E-state index in [0.717, 1.165) is 17.8 Å². The van der Waals surface area contributed by atoms with Crippen molar-refractivity contribution >= 4 is 6.29 Å². The van der Waals surface area contributed by atoms with Gasteiger partial charge >= 0.3 is 0 Å². The van der Waals surface area contributed by atoms with Crippen LogP contribution in [0.5, 0.6) is 0 Å². The summed E-state index contributed by atoms with van der Waals surface area (Å²) in [6.45, 7) is 1.94. The molecule has 0 aromatic carbocycles. The zero-order chi connectivity index (χ0) is 10.5. The summed E-state index contributed by atoms with van der Waals surface area (Å²) in [5.41, 5.74) is 0.311. The fraction of sp³-hybridized carbons (Fsp3) is 0.923. The van der Waals surface area contributed by atoms with Gasteiger partial charge in [-0.05, 0) is 63.2 Å². The summed E-state index contributed by atoms with van der Waals surface area (Å²) in [6, 6.07) is -0.0822. The average Bonchev–Trinajstić information content (AvgIpc) is 2.14. The molecule has 15 heavy (non-hydrogen) atoms. The fourth-order valence-corrected chi connectivity index (χ4v) is 4.78. The van der Waals surface area contributed by atoms with E-state index in [1.54, 1.807) is 0 Å². The summed E-state index contributed by atoms with van der Waals surface area (Å²) in [5.74, 6) is 2.84. The van der Waals surface area contributed by atoms with E-state index in [-0.39, 0.29) is 6.04 Å². The van der Waals surface area contributed by atoms with Gasteiger partial charge in [0.05, 0.1) is 6.04 Å². The lowest BCUT2D eigenvalue weighted by molar-refractivity contribution is -0.0212. The molecule has 0 aromatic rings. The molecule has 4 saturated carbocycles. The van der Waals surface area contributed by atoms with Gasteiger partial charge in [-0.2, -0.15) is 0 Å². The molecule has 2 nitrogen and oxygen atoms in total. The summed E-state index contributed by atoms with van der Waals surface area (Å²) in [6.07, 6.45) is 10.4. The summed E-state index contributed by atoms with van der Waals surface area (Å²) in [5, 5.41) is 3.55. The largest absolute Gasteiger partial charge is 0.302 e. The van der Waals surface area contributed by atoms with Crippen molar-refractivity contribution in [2.75, 3.05) is 0 Å². The molecule has 0 aromatic heterocycles. The maximum atomic E-state index is 10.6. The van der Waals surface area contributed by atoms with Crippen molar-refractivity contribution in [2.24, 2.45) is 17.8 Å². The topological polar surface area (TPSA) is 29.1 Å². The van der Waals surface area contributed by atoms with Gasteiger partial charge in [-0.25, -0.2) is 0 Å². The summed E-state index contributed by atoms with van der Waals surface area (Å²) in [4.78, 5) is 10.6. The second kappa shape index (κ2) is 3.31. The Morgan fingerprint density at radius 1 is 1.13 bits per heavy atom. The van der Waals surface area contributed by atoms with Crippen molar-refractivity contribution in [3.63, 3.8) is 0 Å². The van der Waals surface area contributed by atoms with Gasteiger partial charge in [-0.15, -0.1) is 0 Å². The van der Waals surface area contributed by atoms with Gasteiger partial charge < -0.3 is 5.32 Å². The standard InChI is InChI=1S/C13H20NO/c1-9(8-15)14-13-5-10-2-11(6-13)4-12(3-10)7-13/h9-12,14H,2-7H2,1H3. The Bertz CT molecular complexity index is 238. The van der Waals surface area contributed by atoms with E-state index in [1.165, 1.54) is 38.5 Å². The van der Waals surface area contributed by atoms with Gasteiger partial charge in [0, 0.05) is 5.54 Å². The Morgan fingerprint density at radius 2 is 1.60 bits per heavy atom. The van der Waals surface area contributed by atoms with Crippen molar-refractivity contribution in [2.45, 2.75) is 57.0 Å². The van der Waals surface area contributed by atoms with Crippen LogP contribution in [0.15, 0.2) is 0 Å². The average molecular weight is 206 g/mol. The molecule has 0 heterocycles. The molecule has 0 amide bonds. The highest BCUT2D eigenvalue weighted by atomic mass is 16.1. The lowest BCUT2D eigenvalue weighted by Crippen LogP contribution is -2.60. The van der Waals surface area contributed by atoms with E-state index in [9.17, 15) is 4.79 Å². The quantitative estimate of drug-likeness (QED) is 0.765. The fourth-order valence-electron chi connectivity index (χ4n) is 4.78. The zero-order valence-electron chi connectivity index (χ0n) is 9.46. The number of rotatable bonds is 3. The van der Waals surface area contributed by atoms with Crippen LogP contribution in [0.25, 0.3) is 0 Å². The Morgan fingerprint density at radius 3 is 2.00 bits per heavy atom. The first-order chi connectivity index (χ1) is 7.19. The van der Waals surface area contributed by atoms with Crippen LogP contribution in [0, 0.1) is 17.8 Å². The smallest absolute Gasteiger partial charge is 0.216 e. The van der Waals surface area contributed by atoms with Crippen molar-refractivity contribution in [1.29, 1.82) is 0 Å². The van der Waals surface area contributed by atoms with Crippen LogP contribution >= 0.6 is 0 Å². The highest BCUT2D eigenvalue weighted by Gasteiger charge is 2.51. The molecule has 83 valence electrons. The molecule has 0 spiro atoms. The molecule has 0 aliphatic heterocycles. The van der Waals surface area contributed by atoms with E-state index in [0.29, 0.717) is 5.54 Å². The van der Waals surface area contributed by atoms with E-state index in [4.69, 9.17) is 0 Å². The highest BCUT2D eigenvalue weighted by Crippen LogP contribution is 2.55. The highest BCUT2D eigenvalue weighted by molar-refractivity contribution is 5.57. The van der Waals surface area contributed by atoms with Crippen molar-refractivity contribution in [3.8, 4) is 0 Å². The minimum Gasteiger partial charge on any atom is -0.302 e. The third-order valence-corrected chi connectivity index (χ3v) is 4.74. The van der Waals surface area contributed by atoms with Crippen LogP contribution in [0.1, 0.15) is 45.4 Å². The van der Waals surface area contributed by atoms with Crippen LogP contribution in [0.2, 0.25) is 0 Å². The summed E-state index contributed by atoms with van der Waals surface area (Å²) < 4.78 is 0. The molecule has 4 aliphatic carbocycles. The predicted molar refractivity (Wildman–Crippen MR) is 59.2 cm³/mol. The molecule has 1 radical (unpaired) electrons. The van der Waals surface area contributed by atoms with Crippen LogP contribution in [0.4, 0.5) is 0 Å². The van der Waals surface area contributed by atoms with E-state index < -0.39 is 0 Å². The van der Waals surface area contributed by atoms with Crippen molar-refractivity contribution in [1.82, 2.24) is 5.32 Å². The van der Waals surface area contributed by atoms with Gasteiger partial charge in [0.25, 0.3) is 0 Å². The molecule has 4 rings (SSSR count). The van der Waals surface area contributed by atoms with Gasteiger partial charge in [-0.1, -0.05) is 0 Å². The van der Waals surface area contributed by atoms with E-state index in [2.05, 4.69) is 11.6 Å². The van der Waals surface area contributed by atoms with Crippen LogP contribution in [0.3, 0.4) is 0 Å². The van der Waals surface area contributed by atoms with Crippen molar-refractivity contribution in [3.05, 3.63) is 0 Å². The predicted octanol–water partition coefficient (Wildman–Crippen LogP) is 2.04. The van der Waals surface area contributed by atoms with E-state index in [1.807, 2.05) is 6.92 Å². The molecule has 2 heteroatoms. The molecule has 4 aliphatic rings. The minimum atomic E-state index is -0.0822. The molecule has 4 fully saturated rings. The first-order valence-electron chi connectivity index (χ1n) is 6.34. The summed E-state index contributed by atoms with van der Waals surface area (Å²) in [7, 11) is 0. The number of nitrogens with one attached hydrogen (secondary N) is 1. The molecule has 1 unspecified atom stereocenters. The van der Waals surface area contributed by atoms with Crippen molar-refractivity contribution < 1.29 is 4.79 Å². The Balaban J connectivity index is 1.78. The Kier molecular flexibility index (Phi) is 2.17. The second-order valence-electron chi connectivity index (χ2n) is 6.18. The van der Waals surface area contributed by atoms with E-state index >= 15 is 0 Å². The first-order valence-corrected chi connectivity index (χ1v) is 6.34. The Labute approximate surface area is 91.8 Å². The first kappa shape index (κ1) is 9.83. The SMILES string of the molecule is CC([C]=O)NC12CC3CC(CC(C3)C1)C2. The molecular formula is C13H20NO. The maximum Gasteiger partial charge on any atom is 0.216 e. The lowest BCUT2D eigenvalue weighted by Gasteiger charge is -2.57.